The summed E-state index contributed by atoms with van der Waals surface area (Å²) in [6, 6.07) is 7.37. The number of nitrogens with zero attached hydrogens (tertiary/aromatic N) is 1. The van der Waals surface area contributed by atoms with E-state index in [1.54, 1.807) is 6.07 Å². The molecule has 2 aliphatic rings. The SMILES string of the molecule is CC12CCCC(=O)NN1C(=O)c1ccccc1N2. The second kappa shape index (κ2) is 3.73. The van der Waals surface area contributed by atoms with Crippen molar-refractivity contribution < 1.29 is 9.59 Å². The average Bonchev–Trinajstić information content (AvgIpc) is 2.48. The van der Waals surface area contributed by atoms with Gasteiger partial charge >= 0.3 is 0 Å². The normalized spacial score (nSPS) is 26.6. The molecular weight excluding hydrogens is 230 g/mol. The molecule has 0 aliphatic carbocycles. The first-order valence-corrected chi connectivity index (χ1v) is 6.11. The lowest BCUT2D eigenvalue weighted by Crippen LogP contribution is -2.63. The van der Waals surface area contributed by atoms with E-state index in [0.717, 1.165) is 18.5 Å². The molecule has 2 heterocycles. The maximum absolute atomic E-state index is 12.4. The highest BCUT2D eigenvalue weighted by atomic mass is 16.2. The van der Waals surface area contributed by atoms with Crippen molar-refractivity contribution in [1.82, 2.24) is 10.4 Å². The van der Waals surface area contributed by atoms with Crippen LogP contribution in [0.1, 0.15) is 36.5 Å². The van der Waals surface area contributed by atoms with Crippen LogP contribution in [0.2, 0.25) is 0 Å². The number of hydrogen-bond acceptors (Lipinski definition) is 3. The minimum Gasteiger partial charge on any atom is -0.361 e. The van der Waals surface area contributed by atoms with E-state index >= 15 is 0 Å². The number of fused-ring (bicyclic) bond motifs is 2. The van der Waals surface area contributed by atoms with Crippen LogP contribution < -0.4 is 10.7 Å². The van der Waals surface area contributed by atoms with Crippen LogP contribution in [0.25, 0.3) is 0 Å². The molecule has 5 heteroatoms. The van der Waals surface area contributed by atoms with Crippen molar-refractivity contribution in [2.45, 2.75) is 31.8 Å². The summed E-state index contributed by atoms with van der Waals surface area (Å²) in [4.78, 5) is 24.0. The van der Waals surface area contributed by atoms with Gasteiger partial charge in [-0.25, -0.2) is 5.01 Å². The maximum atomic E-state index is 12.4. The molecule has 0 bridgehead atoms. The Morgan fingerprint density at radius 1 is 1.28 bits per heavy atom. The molecule has 5 nitrogen and oxygen atoms in total. The summed E-state index contributed by atoms with van der Waals surface area (Å²) in [5, 5.41) is 4.79. The minimum atomic E-state index is -0.544. The molecule has 3 rings (SSSR count). The topological polar surface area (TPSA) is 61.4 Å². The molecule has 1 atom stereocenters. The number of benzene rings is 1. The van der Waals surface area contributed by atoms with Crippen molar-refractivity contribution in [2.75, 3.05) is 5.32 Å². The van der Waals surface area contributed by atoms with Crippen molar-refractivity contribution in [3.8, 4) is 0 Å². The van der Waals surface area contributed by atoms with Crippen LogP contribution in [0, 0.1) is 0 Å². The van der Waals surface area contributed by atoms with Crippen LogP contribution in [-0.2, 0) is 4.79 Å². The van der Waals surface area contributed by atoms with Crippen LogP contribution in [0.4, 0.5) is 5.69 Å². The number of hydrogen-bond donors (Lipinski definition) is 2. The Hall–Kier alpha value is -2.04. The number of carbonyl (C=O) groups is 2. The summed E-state index contributed by atoms with van der Waals surface area (Å²) < 4.78 is 0. The summed E-state index contributed by atoms with van der Waals surface area (Å²) in [6.07, 6.45) is 1.96. The van der Waals surface area contributed by atoms with Gasteiger partial charge in [0.1, 0.15) is 5.66 Å². The van der Waals surface area contributed by atoms with Crippen LogP contribution in [0.3, 0.4) is 0 Å². The van der Waals surface area contributed by atoms with E-state index in [4.69, 9.17) is 0 Å². The van der Waals surface area contributed by atoms with Gasteiger partial charge in [-0.3, -0.25) is 15.0 Å². The fraction of sp³-hybridized carbons (Fsp3) is 0.385. The fourth-order valence-electron chi connectivity index (χ4n) is 2.59. The third-order valence-electron chi connectivity index (χ3n) is 3.56. The first-order chi connectivity index (χ1) is 8.60. The molecule has 1 unspecified atom stereocenters. The molecule has 18 heavy (non-hydrogen) atoms. The second-order valence-electron chi connectivity index (χ2n) is 4.97. The summed E-state index contributed by atoms with van der Waals surface area (Å²) in [5.74, 6) is -0.254. The molecule has 94 valence electrons. The summed E-state index contributed by atoms with van der Waals surface area (Å²) in [5.41, 5.74) is 3.58. The Morgan fingerprint density at radius 3 is 2.89 bits per heavy atom. The number of para-hydroxylation sites is 1. The van der Waals surface area contributed by atoms with Gasteiger partial charge < -0.3 is 5.32 Å². The molecule has 1 saturated heterocycles. The first-order valence-electron chi connectivity index (χ1n) is 6.11. The predicted octanol–water partition coefficient (Wildman–Crippen LogP) is 1.49. The molecular formula is C13H15N3O2. The van der Waals surface area contributed by atoms with E-state index in [0.29, 0.717) is 12.0 Å². The zero-order valence-electron chi connectivity index (χ0n) is 10.2. The van der Waals surface area contributed by atoms with Crippen molar-refractivity contribution >= 4 is 17.5 Å². The van der Waals surface area contributed by atoms with Crippen molar-refractivity contribution in [1.29, 1.82) is 0 Å². The van der Waals surface area contributed by atoms with Gasteiger partial charge in [-0.15, -0.1) is 0 Å². The van der Waals surface area contributed by atoms with Gasteiger partial charge in [0.15, 0.2) is 0 Å². The quantitative estimate of drug-likeness (QED) is 0.728. The van der Waals surface area contributed by atoms with E-state index in [2.05, 4.69) is 10.7 Å². The lowest BCUT2D eigenvalue weighted by atomic mass is 9.98. The van der Waals surface area contributed by atoms with Gasteiger partial charge in [-0.2, -0.15) is 0 Å². The molecule has 1 aromatic carbocycles. The molecule has 2 amide bonds. The lowest BCUT2D eigenvalue weighted by molar-refractivity contribution is -0.125. The van der Waals surface area contributed by atoms with E-state index < -0.39 is 5.66 Å². The van der Waals surface area contributed by atoms with Gasteiger partial charge in [0.2, 0.25) is 5.91 Å². The van der Waals surface area contributed by atoms with E-state index in [-0.39, 0.29) is 11.8 Å². The number of nitrogens with one attached hydrogen (secondary N) is 2. The van der Waals surface area contributed by atoms with E-state index in [1.165, 1.54) is 5.01 Å². The average molecular weight is 245 g/mol. The van der Waals surface area contributed by atoms with Gasteiger partial charge in [0, 0.05) is 12.1 Å². The fourth-order valence-corrected chi connectivity index (χ4v) is 2.59. The summed E-state index contributed by atoms with van der Waals surface area (Å²) >= 11 is 0. The smallest absolute Gasteiger partial charge is 0.276 e. The molecule has 0 spiro atoms. The molecule has 1 fully saturated rings. The monoisotopic (exact) mass is 245 g/mol. The Labute approximate surface area is 105 Å². The number of carbonyl (C=O) groups excluding carboxylic acids is 2. The van der Waals surface area contributed by atoms with Gasteiger partial charge in [-0.1, -0.05) is 12.1 Å². The Balaban J connectivity index is 2.07. The zero-order valence-corrected chi connectivity index (χ0v) is 10.2. The van der Waals surface area contributed by atoms with Crippen LogP contribution >= 0.6 is 0 Å². The Bertz CT molecular complexity index is 529. The van der Waals surface area contributed by atoms with Crippen LogP contribution in [-0.4, -0.2) is 22.5 Å². The van der Waals surface area contributed by atoms with Crippen molar-refractivity contribution in [3.63, 3.8) is 0 Å². The summed E-state index contributed by atoms with van der Waals surface area (Å²) in [7, 11) is 0. The molecule has 2 aliphatic heterocycles. The molecule has 0 saturated carbocycles. The number of hydrazine groups is 1. The van der Waals surface area contributed by atoms with Crippen LogP contribution in [0.15, 0.2) is 24.3 Å². The minimum absolute atomic E-state index is 0.103. The highest BCUT2D eigenvalue weighted by Crippen LogP contribution is 2.34. The zero-order chi connectivity index (χ0) is 12.8. The van der Waals surface area contributed by atoms with E-state index in [1.807, 2.05) is 25.1 Å². The van der Waals surface area contributed by atoms with Gasteiger partial charge in [-0.05, 0) is 31.9 Å². The molecule has 0 radical (unpaired) electrons. The van der Waals surface area contributed by atoms with Crippen molar-refractivity contribution in [3.05, 3.63) is 29.8 Å². The second-order valence-corrected chi connectivity index (χ2v) is 4.97. The number of amides is 2. The maximum Gasteiger partial charge on any atom is 0.276 e. The highest BCUT2D eigenvalue weighted by Gasteiger charge is 2.43. The largest absolute Gasteiger partial charge is 0.361 e. The van der Waals surface area contributed by atoms with Gasteiger partial charge in [0.25, 0.3) is 5.91 Å². The van der Waals surface area contributed by atoms with Gasteiger partial charge in [0.05, 0.1) is 5.56 Å². The highest BCUT2D eigenvalue weighted by molar-refractivity contribution is 6.03. The number of rotatable bonds is 0. The molecule has 2 N–H and O–H groups in total. The Kier molecular flexibility index (Phi) is 2.29. The standard InChI is InChI=1S/C13H15N3O2/c1-13-8-4-7-11(17)15-16(13)12(18)9-5-2-3-6-10(9)14-13/h2-3,5-6,14H,4,7-8H2,1H3,(H,15,17). The third kappa shape index (κ3) is 1.54. The van der Waals surface area contributed by atoms with Crippen molar-refractivity contribution in [2.24, 2.45) is 0 Å². The predicted molar refractivity (Wildman–Crippen MR) is 66.6 cm³/mol. The lowest BCUT2D eigenvalue weighted by Gasteiger charge is -2.44. The molecule has 1 aromatic rings. The third-order valence-corrected chi connectivity index (χ3v) is 3.56. The van der Waals surface area contributed by atoms with E-state index in [9.17, 15) is 9.59 Å². The summed E-state index contributed by atoms with van der Waals surface area (Å²) in [6.45, 7) is 1.94. The number of anilines is 1. The Morgan fingerprint density at radius 2 is 2.06 bits per heavy atom. The van der Waals surface area contributed by atoms with Crippen LogP contribution in [0.5, 0.6) is 0 Å². The molecule has 0 aromatic heterocycles. The first kappa shape index (κ1) is 11.1.